The van der Waals surface area contributed by atoms with E-state index in [1.54, 1.807) is 12.1 Å². The van der Waals surface area contributed by atoms with E-state index in [9.17, 15) is 4.79 Å². The molecule has 1 saturated carbocycles. The van der Waals surface area contributed by atoms with Crippen LogP contribution in [0.2, 0.25) is 0 Å². The van der Waals surface area contributed by atoms with Crippen LogP contribution in [0.25, 0.3) is 0 Å². The Bertz CT molecular complexity index is 369. The van der Waals surface area contributed by atoms with Crippen molar-refractivity contribution < 1.29 is 13.9 Å². The van der Waals surface area contributed by atoms with Gasteiger partial charge in [-0.15, -0.1) is 0 Å². The molecule has 1 aromatic heterocycles. The number of carbonyl (C=O) groups is 1. The maximum absolute atomic E-state index is 11.9. The lowest BCUT2D eigenvalue weighted by atomic mass is 9.78. The fourth-order valence-electron chi connectivity index (χ4n) is 2.83. The van der Waals surface area contributed by atoms with Crippen molar-refractivity contribution in [3.63, 3.8) is 0 Å². The van der Waals surface area contributed by atoms with Gasteiger partial charge >= 0.3 is 5.97 Å². The third-order valence-electron chi connectivity index (χ3n) is 3.83. The van der Waals surface area contributed by atoms with Gasteiger partial charge in [-0.1, -0.05) is 26.7 Å². The van der Waals surface area contributed by atoms with Crippen LogP contribution in [0.1, 0.15) is 56.5 Å². The Morgan fingerprint density at radius 1 is 1.50 bits per heavy atom. The lowest BCUT2D eigenvalue weighted by Gasteiger charge is -2.34. The predicted molar refractivity (Wildman–Crippen MR) is 69.3 cm³/mol. The molecule has 100 valence electrons. The molecule has 0 aliphatic heterocycles. The molecule has 0 amide bonds. The molecule has 18 heavy (non-hydrogen) atoms. The van der Waals surface area contributed by atoms with Gasteiger partial charge in [0.05, 0.1) is 6.26 Å². The Balaban J connectivity index is 1.97. The van der Waals surface area contributed by atoms with Crippen molar-refractivity contribution in [2.75, 3.05) is 0 Å². The van der Waals surface area contributed by atoms with Gasteiger partial charge < -0.3 is 9.15 Å². The summed E-state index contributed by atoms with van der Waals surface area (Å²) in [6, 6.07) is 3.37. The highest BCUT2D eigenvalue weighted by molar-refractivity contribution is 5.86. The van der Waals surface area contributed by atoms with Crippen LogP contribution in [0.3, 0.4) is 0 Å². The van der Waals surface area contributed by atoms with E-state index in [4.69, 9.17) is 9.15 Å². The van der Waals surface area contributed by atoms with Crippen LogP contribution in [0.4, 0.5) is 0 Å². The number of carbonyl (C=O) groups excluding carboxylic acids is 1. The molecule has 0 saturated heterocycles. The molecule has 0 radical (unpaired) electrons. The molecular formula is C15H22O3. The van der Waals surface area contributed by atoms with E-state index in [1.165, 1.54) is 19.1 Å². The van der Waals surface area contributed by atoms with Gasteiger partial charge in [0.1, 0.15) is 6.10 Å². The highest BCUT2D eigenvalue weighted by Gasteiger charge is 2.31. The van der Waals surface area contributed by atoms with Crippen LogP contribution in [-0.4, -0.2) is 12.1 Å². The minimum absolute atomic E-state index is 0.0614. The first-order chi connectivity index (χ1) is 8.70. The van der Waals surface area contributed by atoms with Gasteiger partial charge in [-0.2, -0.15) is 0 Å². The maximum Gasteiger partial charge on any atom is 0.374 e. The number of rotatable bonds is 4. The Kier molecular flexibility index (Phi) is 4.45. The van der Waals surface area contributed by atoms with Gasteiger partial charge in [-0.05, 0) is 43.2 Å². The molecule has 1 aliphatic rings. The second-order valence-corrected chi connectivity index (χ2v) is 5.39. The second-order valence-electron chi connectivity index (χ2n) is 5.39. The summed E-state index contributed by atoms with van der Waals surface area (Å²) in [7, 11) is 0. The molecule has 0 aromatic carbocycles. The van der Waals surface area contributed by atoms with Gasteiger partial charge in [0.25, 0.3) is 0 Å². The van der Waals surface area contributed by atoms with Crippen molar-refractivity contribution in [3.05, 3.63) is 24.2 Å². The lowest BCUT2D eigenvalue weighted by Crippen LogP contribution is -2.33. The van der Waals surface area contributed by atoms with Gasteiger partial charge in [0, 0.05) is 0 Å². The fraction of sp³-hybridized carbons (Fsp3) is 0.667. The minimum Gasteiger partial charge on any atom is -0.457 e. The third-order valence-corrected chi connectivity index (χ3v) is 3.83. The topological polar surface area (TPSA) is 39.4 Å². The lowest BCUT2D eigenvalue weighted by molar-refractivity contribution is -0.0115. The van der Waals surface area contributed by atoms with E-state index in [1.807, 2.05) is 0 Å². The highest BCUT2D eigenvalue weighted by atomic mass is 16.6. The summed E-state index contributed by atoms with van der Waals surface area (Å²) in [5.41, 5.74) is 0. The zero-order valence-electron chi connectivity index (χ0n) is 11.2. The van der Waals surface area contributed by atoms with Gasteiger partial charge in [0.2, 0.25) is 5.76 Å². The monoisotopic (exact) mass is 250 g/mol. The molecule has 2 rings (SSSR count). The van der Waals surface area contributed by atoms with Crippen LogP contribution >= 0.6 is 0 Å². The number of furan rings is 1. The standard InChI is InChI=1S/C15H22O3/c1-3-5-12-8-7-11(2)10-14(12)18-15(16)13-6-4-9-17-13/h4,6,9,11-12,14H,3,5,7-8,10H2,1-2H3/t11-,12+,14+/m1/s1. The van der Waals surface area contributed by atoms with Crippen LogP contribution in [-0.2, 0) is 4.74 Å². The Hall–Kier alpha value is -1.25. The van der Waals surface area contributed by atoms with Crippen molar-refractivity contribution in [2.24, 2.45) is 11.8 Å². The van der Waals surface area contributed by atoms with E-state index in [-0.39, 0.29) is 12.1 Å². The second kappa shape index (κ2) is 6.07. The summed E-state index contributed by atoms with van der Waals surface area (Å²) >= 11 is 0. The Morgan fingerprint density at radius 2 is 2.33 bits per heavy atom. The Morgan fingerprint density at radius 3 is 3.00 bits per heavy atom. The summed E-state index contributed by atoms with van der Waals surface area (Å²) in [6.07, 6.45) is 7.26. The molecule has 0 N–H and O–H groups in total. The van der Waals surface area contributed by atoms with Gasteiger partial charge in [-0.25, -0.2) is 4.79 Å². The van der Waals surface area contributed by atoms with Crippen LogP contribution < -0.4 is 0 Å². The summed E-state index contributed by atoms with van der Waals surface area (Å²) in [6.45, 7) is 4.42. The third kappa shape index (κ3) is 3.15. The first kappa shape index (κ1) is 13.2. The summed E-state index contributed by atoms with van der Waals surface area (Å²) in [5, 5.41) is 0. The van der Waals surface area contributed by atoms with E-state index in [0.717, 1.165) is 19.3 Å². The quantitative estimate of drug-likeness (QED) is 0.757. The number of ether oxygens (including phenoxy) is 1. The molecule has 0 spiro atoms. The molecule has 3 atom stereocenters. The van der Waals surface area contributed by atoms with Crippen molar-refractivity contribution in [2.45, 2.75) is 52.1 Å². The van der Waals surface area contributed by atoms with Crippen molar-refractivity contribution in [1.29, 1.82) is 0 Å². The van der Waals surface area contributed by atoms with Crippen molar-refractivity contribution in [1.82, 2.24) is 0 Å². The van der Waals surface area contributed by atoms with Crippen LogP contribution in [0, 0.1) is 11.8 Å². The smallest absolute Gasteiger partial charge is 0.374 e. The van der Waals surface area contributed by atoms with Gasteiger partial charge in [-0.3, -0.25) is 0 Å². The number of hydrogen-bond donors (Lipinski definition) is 0. The molecule has 1 aliphatic carbocycles. The van der Waals surface area contributed by atoms with Crippen molar-refractivity contribution in [3.8, 4) is 0 Å². The fourth-order valence-corrected chi connectivity index (χ4v) is 2.83. The number of esters is 1. The van der Waals surface area contributed by atoms with Crippen LogP contribution in [0.15, 0.2) is 22.8 Å². The molecule has 1 heterocycles. The molecule has 1 aromatic rings. The van der Waals surface area contributed by atoms with E-state index >= 15 is 0 Å². The van der Waals surface area contributed by atoms with Gasteiger partial charge in [0.15, 0.2) is 0 Å². The minimum atomic E-state index is -0.319. The molecular weight excluding hydrogens is 228 g/mol. The van der Waals surface area contributed by atoms with E-state index < -0.39 is 0 Å². The highest BCUT2D eigenvalue weighted by Crippen LogP contribution is 2.34. The molecule has 3 nitrogen and oxygen atoms in total. The summed E-state index contributed by atoms with van der Waals surface area (Å²) in [4.78, 5) is 11.9. The molecule has 3 heteroatoms. The maximum atomic E-state index is 11.9. The zero-order valence-corrected chi connectivity index (χ0v) is 11.2. The predicted octanol–water partition coefficient (Wildman–Crippen LogP) is 4.04. The first-order valence-corrected chi connectivity index (χ1v) is 6.95. The molecule has 0 unspecified atom stereocenters. The molecule has 1 fully saturated rings. The van der Waals surface area contributed by atoms with E-state index in [2.05, 4.69) is 13.8 Å². The first-order valence-electron chi connectivity index (χ1n) is 6.95. The number of hydrogen-bond acceptors (Lipinski definition) is 3. The zero-order chi connectivity index (χ0) is 13.0. The van der Waals surface area contributed by atoms with Crippen LogP contribution in [0.5, 0.6) is 0 Å². The normalized spacial score (nSPS) is 28.0. The summed E-state index contributed by atoms with van der Waals surface area (Å²) in [5.74, 6) is 1.15. The molecule has 0 bridgehead atoms. The average molecular weight is 250 g/mol. The average Bonchev–Trinajstić information content (AvgIpc) is 2.86. The Labute approximate surface area is 109 Å². The van der Waals surface area contributed by atoms with E-state index in [0.29, 0.717) is 17.6 Å². The largest absolute Gasteiger partial charge is 0.457 e. The SMILES string of the molecule is CCC[C@H]1CC[C@@H](C)C[C@@H]1OC(=O)c1ccco1. The summed E-state index contributed by atoms with van der Waals surface area (Å²) < 4.78 is 10.7. The van der Waals surface area contributed by atoms with Crippen molar-refractivity contribution >= 4 is 5.97 Å².